The van der Waals surface area contributed by atoms with Crippen LogP contribution in [0.4, 0.5) is 0 Å². The summed E-state index contributed by atoms with van der Waals surface area (Å²) >= 11 is 0. The number of hydrogen-bond donors (Lipinski definition) is 0. The standard InChI is InChI=1S/C38H62O2Si/c1-11-19-26-39-38(40-27-20-12-2,30-41(16-6,17-7)18-8)36-25-24-35(29-32(36)10)37(14-4,15-5)34-23-22-33(21-13-3)31(9)28-34/h13,22-25,28-29H,3,11-12,14-21,26-27,30H2,1-2,4-10H3. The lowest BCUT2D eigenvalue weighted by atomic mass is 9.69. The molecule has 0 spiro atoms. The SMILES string of the molecule is C=CCc1ccc(C(CC)(CC)c2ccc(C(C[Si](CC)(CC)CC)(OCCCC)OCCCC)c(C)c2)cc1C. The monoisotopic (exact) mass is 578 g/mol. The fraction of sp³-hybridized carbons (Fsp3) is 0.632. The fourth-order valence-corrected chi connectivity index (χ4v) is 10.4. The molecule has 0 unspecified atom stereocenters. The zero-order valence-corrected chi connectivity index (χ0v) is 29.3. The van der Waals surface area contributed by atoms with Crippen LogP contribution >= 0.6 is 0 Å². The second-order valence-corrected chi connectivity index (χ2v) is 17.8. The summed E-state index contributed by atoms with van der Waals surface area (Å²) in [5, 5.41) is 0. The Morgan fingerprint density at radius 2 is 1.24 bits per heavy atom. The largest absolute Gasteiger partial charge is 0.346 e. The minimum absolute atomic E-state index is 0.0235. The van der Waals surface area contributed by atoms with E-state index in [-0.39, 0.29) is 5.41 Å². The lowest BCUT2D eigenvalue weighted by Gasteiger charge is -2.43. The number of hydrogen-bond acceptors (Lipinski definition) is 2. The van der Waals surface area contributed by atoms with Crippen LogP contribution in [-0.2, 0) is 27.1 Å². The molecule has 41 heavy (non-hydrogen) atoms. The van der Waals surface area contributed by atoms with Gasteiger partial charge in [0.05, 0.1) is 21.3 Å². The van der Waals surface area contributed by atoms with Crippen molar-refractivity contribution in [2.45, 2.75) is 143 Å². The summed E-state index contributed by atoms with van der Waals surface area (Å²) in [6.07, 6.45) is 9.41. The van der Waals surface area contributed by atoms with E-state index in [1.165, 1.54) is 51.5 Å². The second kappa shape index (κ2) is 16.8. The quantitative estimate of drug-likeness (QED) is 0.0673. The van der Waals surface area contributed by atoms with Crippen LogP contribution in [0.3, 0.4) is 0 Å². The van der Waals surface area contributed by atoms with Crippen molar-refractivity contribution in [3.8, 4) is 0 Å². The molecule has 2 aromatic carbocycles. The van der Waals surface area contributed by atoms with Crippen LogP contribution in [0, 0.1) is 13.8 Å². The highest BCUT2D eigenvalue weighted by molar-refractivity contribution is 6.79. The maximum Gasteiger partial charge on any atom is 0.192 e. The molecule has 0 bridgehead atoms. The van der Waals surface area contributed by atoms with Gasteiger partial charge in [-0.2, -0.15) is 0 Å². The van der Waals surface area contributed by atoms with E-state index in [2.05, 4.69) is 105 Å². The molecule has 0 heterocycles. The Morgan fingerprint density at radius 3 is 1.66 bits per heavy atom. The van der Waals surface area contributed by atoms with Crippen LogP contribution in [0.5, 0.6) is 0 Å². The average molecular weight is 579 g/mol. The molecule has 2 aromatic rings. The number of benzene rings is 2. The first kappa shape index (κ1) is 35.5. The van der Waals surface area contributed by atoms with Gasteiger partial charge < -0.3 is 9.47 Å². The first-order valence-corrected chi connectivity index (χ1v) is 19.6. The van der Waals surface area contributed by atoms with Crippen molar-refractivity contribution in [2.75, 3.05) is 13.2 Å². The van der Waals surface area contributed by atoms with Gasteiger partial charge in [-0.1, -0.05) is 122 Å². The molecule has 0 radical (unpaired) electrons. The van der Waals surface area contributed by atoms with E-state index in [0.29, 0.717) is 0 Å². The predicted octanol–water partition coefficient (Wildman–Crippen LogP) is 11.4. The van der Waals surface area contributed by atoms with Gasteiger partial charge in [-0.15, -0.1) is 6.58 Å². The molecule has 0 saturated heterocycles. The zero-order chi connectivity index (χ0) is 30.5. The van der Waals surface area contributed by atoms with Crippen LogP contribution in [0.15, 0.2) is 49.1 Å². The van der Waals surface area contributed by atoms with Gasteiger partial charge in [0, 0.05) is 17.0 Å². The van der Waals surface area contributed by atoms with Gasteiger partial charge in [-0.05, 0) is 73.8 Å². The fourth-order valence-electron chi connectivity index (χ4n) is 6.78. The van der Waals surface area contributed by atoms with Crippen LogP contribution in [0.2, 0.25) is 24.2 Å². The summed E-state index contributed by atoms with van der Waals surface area (Å²) in [4.78, 5) is 0. The minimum Gasteiger partial charge on any atom is -0.346 e. The van der Waals surface area contributed by atoms with E-state index in [1.54, 1.807) is 0 Å². The topological polar surface area (TPSA) is 18.5 Å². The molecule has 3 heteroatoms. The van der Waals surface area contributed by atoms with Crippen LogP contribution in [0.1, 0.15) is 120 Å². The van der Waals surface area contributed by atoms with Crippen molar-refractivity contribution in [3.63, 3.8) is 0 Å². The first-order valence-electron chi connectivity index (χ1n) is 16.8. The number of allylic oxidation sites excluding steroid dienone is 1. The number of aryl methyl sites for hydroxylation is 2. The van der Waals surface area contributed by atoms with E-state index in [4.69, 9.17) is 9.47 Å². The summed E-state index contributed by atoms with van der Waals surface area (Å²) in [5.74, 6) is -0.661. The Kier molecular flexibility index (Phi) is 14.6. The summed E-state index contributed by atoms with van der Waals surface area (Å²) in [6.45, 7) is 26.4. The van der Waals surface area contributed by atoms with Crippen molar-refractivity contribution < 1.29 is 9.47 Å². The molecule has 0 aliphatic rings. The molecule has 0 aliphatic carbocycles. The third kappa shape index (κ3) is 8.24. The summed E-state index contributed by atoms with van der Waals surface area (Å²) in [6, 6.07) is 19.2. The smallest absolute Gasteiger partial charge is 0.192 e. The highest BCUT2D eigenvalue weighted by Gasteiger charge is 2.44. The summed E-state index contributed by atoms with van der Waals surface area (Å²) in [5.41, 5.74) is 8.07. The van der Waals surface area contributed by atoms with Crippen molar-refractivity contribution in [1.29, 1.82) is 0 Å². The normalized spacial score (nSPS) is 12.6. The van der Waals surface area contributed by atoms with Crippen molar-refractivity contribution in [1.82, 2.24) is 0 Å². The van der Waals surface area contributed by atoms with Gasteiger partial charge in [0.25, 0.3) is 0 Å². The predicted molar refractivity (Wildman–Crippen MR) is 183 cm³/mol. The molecule has 0 saturated carbocycles. The number of rotatable bonds is 20. The highest BCUT2D eigenvalue weighted by Crippen LogP contribution is 2.45. The third-order valence-electron chi connectivity index (χ3n) is 10.2. The number of unbranched alkanes of at least 4 members (excludes halogenated alkanes) is 2. The summed E-state index contributed by atoms with van der Waals surface area (Å²) < 4.78 is 13.9. The Hall–Kier alpha value is -1.68. The number of ether oxygens (including phenoxy) is 2. The van der Waals surface area contributed by atoms with E-state index in [1.807, 2.05) is 6.08 Å². The van der Waals surface area contributed by atoms with Gasteiger partial charge in [0.15, 0.2) is 5.79 Å². The third-order valence-corrected chi connectivity index (χ3v) is 15.9. The van der Waals surface area contributed by atoms with Crippen LogP contribution in [0.25, 0.3) is 0 Å². The molecule has 0 fully saturated rings. The van der Waals surface area contributed by atoms with Crippen LogP contribution in [-0.4, -0.2) is 21.3 Å². The van der Waals surface area contributed by atoms with Crippen molar-refractivity contribution in [3.05, 3.63) is 82.4 Å². The molecule has 0 amide bonds. The molecule has 230 valence electrons. The average Bonchev–Trinajstić information content (AvgIpc) is 2.98. The highest BCUT2D eigenvalue weighted by atomic mass is 28.3. The molecular weight excluding hydrogens is 517 g/mol. The Labute approximate surface area is 255 Å². The molecule has 2 nitrogen and oxygen atoms in total. The van der Waals surface area contributed by atoms with E-state index >= 15 is 0 Å². The van der Waals surface area contributed by atoms with Gasteiger partial charge in [0.1, 0.15) is 0 Å². The van der Waals surface area contributed by atoms with E-state index in [9.17, 15) is 0 Å². The van der Waals surface area contributed by atoms with Gasteiger partial charge in [-0.3, -0.25) is 0 Å². The molecule has 0 atom stereocenters. The lowest BCUT2D eigenvalue weighted by molar-refractivity contribution is -0.236. The molecule has 0 aromatic heterocycles. The molecule has 0 N–H and O–H groups in total. The second-order valence-electron chi connectivity index (χ2n) is 12.3. The van der Waals surface area contributed by atoms with Gasteiger partial charge in [0.2, 0.25) is 0 Å². The molecular formula is C38H62O2Si. The van der Waals surface area contributed by atoms with Gasteiger partial charge in [-0.25, -0.2) is 0 Å². The summed E-state index contributed by atoms with van der Waals surface area (Å²) in [7, 11) is -1.57. The van der Waals surface area contributed by atoms with Crippen LogP contribution < -0.4 is 0 Å². The lowest BCUT2D eigenvalue weighted by Crippen LogP contribution is -2.45. The molecule has 0 aliphatic heterocycles. The van der Waals surface area contributed by atoms with E-state index < -0.39 is 13.9 Å². The Balaban J connectivity index is 2.71. The van der Waals surface area contributed by atoms with Gasteiger partial charge >= 0.3 is 0 Å². The Bertz CT molecular complexity index is 1050. The maximum atomic E-state index is 6.96. The maximum absolute atomic E-state index is 6.96. The minimum atomic E-state index is -1.57. The zero-order valence-electron chi connectivity index (χ0n) is 28.3. The van der Waals surface area contributed by atoms with E-state index in [0.717, 1.165) is 64.2 Å². The first-order chi connectivity index (χ1) is 19.7. The van der Waals surface area contributed by atoms with Crippen molar-refractivity contribution in [2.24, 2.45) is 0 Å². The van der Waals surface area contributed by atoms with Crippen molar-refractivity contribution >= 4 is 8.07 Å². The molecule has 2 rings (SSSR count). The Morgan fingerprint density at radius 1 is 0.732 bits per heavy atom.